The molecule has 0 radical (unpaired) electrons. The zero-order valence-electron chi connectivity index (χ0n) is 59.2. The molecule has 11 atom stereocenters. The SMILES string of the molecule is CC(C)(C)OC(=O)CNC(=O)[C@H]1CCC[C@H](Oc2ccccc2)C1.CCOC(=O)C1CCCC(=O)C1.CCOC(=O)[C@H]1CCC[C@@H](O)C1.CCOC(=O)[C@H]1CCC[C@H](Oc2ccccc2)C1.NNC(=O)[C@H]1CCC[C@H](Oc2ccccc2)C1.O=C(O)[C@H]1CCC[C@H](Oc2ccccc2)C1. The molecule has 6 aliphatic carbocycles. The molecule has 2 amide bonds. The van der Waals surface area contributed by atoms with Crippen molar-refractivity contribution in [3.63, 3.8) is 0 Å². The van der Waals surface area contributed by atoms with E-state index in [1.54, 1.807) is 34.6 Å². The summed E-state index contributed by atoms with van der Waals surface area (Å²) in [6.45, 7) is 12.1. The fourth-order valence-corrected chi connectivity index (χ4v) is 12.9. The normalized spacial score (nSPS) is 24.0. The van der Waals surface area contributed by atoms with Crippen LogP contribution in [-0.4, -0.2) is 120 Å². The van der Waals surface area contributed by atoms with E-state index in [9.17, 15) is 43.5 Å². The van der Waals surface area contributed by atoms with Crippen molar-refractivity contribution in [2.75, 3.05) is 26.4 Å². The van der Waals surface area contributed by atoms with Gasteiger partial charge in [-0.15, -0.1) is 0 Å². The Morgan fingerprint density at radius 3 is 1.14 bits per heavy atom. The van der Waals surface area contributed by atoms with Crippen molar-refractivity contribution in [3.8, 4) is 23.0 Å². The van der Waals surface area contributed by atoms with Gasteiger partial charge in [-0.25, -0.2) is 5.84 Å². The molecule has 4 aromatic rings. The molecule has 546 valence electrons. The molecule has 0 spiro atoms. The van der Waals surface area contributed by atoms with Crippen LogP contribution in [0.1, 0.15) is 196 Å². The summed E-state index contributed by atoms with van der Waals surface area (Å²) >= 11 is 0. The lowest BCUT2D eigenvalue weighted by Crippen LogP contribution is -2.40. The van der Waals surface area contributed by atoms with Gasteiger partial charge in [0, 0.05) is 24.7 Å². The van der Waals surface area contributed by atoms with E-state index in [4.69, 9.17) is 48.8 Å². The fraction of sp³-hybridized carbons (Fsp3) is 0.590. The average Bonchev–Trinajstić information content (AvgIpc) is 1.29. The maximum atomic E-state index is 12.3. The predicted octanol–water partition coefficient (Wildman–Crippen LogP) is 13.0. The smallest absolute Gasteiger partial charge is 0.325 e. The summed E-state index contributed by atoms with van der Waals surface area (Å²) < 4.78 is 43.5. The van der Waals surface area contributed by atoms with Crippen molar-refractivity contribution in [3.05, 3.63) is 121 Å². The number of aliphatic carboxylic acids is 1. The Kier molecular flexibility index (Phi) is 37.6. The lowest BCUT2D eigenvalue weighted by Gasteiger charge is -2.29. The minimum absolute atomic E-state index is 0.00686. The summed E-state index contributed by atoms with van der Waals surface area (Å²) in [5.74, 6) is 6.49. The van der Waals surface area contributed by atoms with Crippen LogP contribution in [-0.2, 0) is 57.3 Å². The number of ether oxygens (including phenoxy) is 8. The van der Waals surface area contributed by atoms with E-state index in [1.807, 2.05) is 128 Å². The number of carbonyl (C=O) groups is 8. The minimum atomic E-state index is -0.693. The number of nitrogens with one attached hydrogen (secondary N) is 2. The van der Waals surface area contributed by atoms with Crippen molar-refractivity contribution >= 4 is 47.4 Å². The van der Waals surface area contributed by atoms with Crippen LogP contribution < -0.4 is 35.5 Å². The lowest BCUT2D eigenvalue weighted by atomic mass is 9.86. The molecule has 0 saturated heterocycles. The number of aliphatic hydroxyl groups excluding tert-OH is 1. The number of carboxylic acids is 1. The molecule has 6 saturated carbocycles. The zero-order valence-corrected chi connectivity index (χ0v) is 59.2. The van der Waals surface area contributed by atoms with E-state index in [2.05, 4.69) is 10.7 Å². The number of benzene rings is 4. The fourth-order valence-electron chi connectivity index (χ4n) is 12.9. The molecular formula is C78H111N3O18. The standard InChI is InChI=1S/C19H27NO4.C15H20O3.C13H18N2O2.C13H16O3.C9H16O3.C9H14O3/c1-19(2,3)24-17(21)13-20-18(22)14-8-7-11-16(12-14)23-15-9-5-4-6-10-15;1-2-17-15(16)12-7-6-10-14(11-12)18-13-8-4-3-5-9-13;14-15-13(16)10-5-4-8-12(9-10)17-11-6-2-1-3-7-11;14-13(15)10-5-4-8-12(9-10)16-11-6-2-1-3-7-11;2*1-2-12-9(11)7-4-3-5-8(10)6-7/h4-6,9-10,14,16H,7-8,11-13H2,1-3H3,(H,20,22);3-5,8-9,12,14H,2,6-7,10-11H2,1H3;1-3,6-7,10,12H,4-5,8-9,14H2,(H,15,16);1-3,6-7,10,12H,4-5,8-9H2,(H,14,15);7-8,10H,2-6H2,1H3;7H,2-6H2,1H3/t14-,16-;12-,14-;2*10-,12-;7-,8+;/m00000./s1. The molecule has 10 rings (SSSR count). The number of carbonyl (C=O) groups excluding carboxylic acids is 7. The molecule has 1 unspecified atom stereocenters. The Hall–Kier alpha value is -8.04. The molecule has 21 nitrogen and oxygen atoms in total. The molecule has 4 aromatic carbocycles. The third-order valence-corrected chi connectivity index (χ3v) is 17.7. The first kappa shape index (κ1) is 81.6. The third-order valence-electron chi connectivity index (χ3n) is 17.7. The first-order valence-electron chi connectivity index (χ1n) is 35.9. The zero-order chi connectivity index (χ0) is 71.8. The number of nitrogens with two attached hydrogens (primary N) is 1. The highest BCUT2D eigenvalue weighted by Crippen LogP contribution is 2.33. The van der Waals surface area contributed by atoms with Gasteiger partial charge in [-0.1, -0.05) is 79.2 Å². The van der Waals surface area contributed by atoms with Crippen LogP contribution >= 0.6 is 0 Å². The molecule has 6 fully saturated rings. The van der Waals surface area contributed by atoms with Crippen LogP contribution in [0, 0.1) is 35.5 Å². The number of ketones is 1. The first-order chi connectivity index (χ1) is 47.6. The molecule has 99 heavy (non-hydrogen) atoms. The monoisotopic (exact) mass is 1380 g/mol. The number of aliphatic hydroxyl groups is 1. The van der Waals surface area contributed by atoms with Crippen LogP contribution in [0.2, 0.25) is 0 Å². The van der Waals surface area contributed by atoms with Gasteiger partial charge in [0.05, 0.1) is 74.0 Å². The number of Topliss-reactive ketones (excluding diaryl/α,β-unsaturated/α-hetero) is 1. The number of amides is 2. The average molecular weight is 1380 g/mol. The topological polar surface area (TPSA) is 301 Å². The Bertz CT molecular complexity index is 2990. The van der Waals surface area contributed by atoms with Crippen molar-refractivity contribution in [1.29, 1.82) is 0 Å². The van der Waals surface area contributed by atoms with Crippen molar-refractivity contribution < 1.29 is 86.5 Å². The molecule has 0 heterocycles. The summed E-state index contributed by atoms with van der Waals surface area (Å²) in [5, 5.41) is 20.9. The molecule has 6 N–H and O–H groups in total. The maximum Gasteiger partial charge on any atom is 0.325 e. The summed E-state index contributed by atoms with van der Waals surface area (Å²) in [5.41, 5.74) is 1.68. The van der Waals surface area contributed by atoms with Gasteiger partial charge < -0.3 is 53.4 Å². The quantitative estimate of drug-likeness (QED) is 0.0192. The van der Waals surface area contributed by atoms with E-state index in [0.29, 0.717) is 51.9 Å². The lowest BCUT2D eigenvalue weighted by molar-refractivity contribution is -0.155. The summed E-state index contributed by atoms with van der Waals surface area (Å²) in [7, 11) is 0. The van der Waals surface area contributed by atoms with Crippen LogP contribution in [0.15, 0.2) is 121 Å². The number of para-hydroxylation sites is 4. The molecule has 6 aliphatic rings. The van der Waals surface area contributed by atoms with Gasteiger partial charge >= 0.3 is 29.8 Å². The summed E-state index contributed by atoms with van der Waals surface area (Å²) in [6.07, 6.45) is 20.0. The van der Waals surface area contributed by atoms with Crippen molar-refractivity contribution in [2.45, 2.75) is 232 Å². The maximum absolute atomic E-state index is 12.3. The van der Waals surface area contributed by atoms with E-state index >= 15 is 0 Å². The van der Waals surface area contributed by atoms with Gasteiger partial charge in [-0.3, -0.25) is 43.8 Å². The van der Waals surface area contributed by atoms with E-state index in [0.717, 1.165) is 145 Å². The van der Waals surface area contributed by atoms with Crippen LogP contribution in [0.3, 0.4) is 0 Å². The summed E-state index contributed by atoms with van der Waals surface area (Å²) in [4.78, 5) is 91.4. The molecule has 21 heteroatoms. The second kappa shape index (κ2) is 45.6. The molecule has 0 bridgehead atoms. The Balaban J connectivity index is 0.000000218. The highest BCUT2D eigenvalue weighted by molar-refractivity contribution is 5.86. The minimum Gasteiger partial charge on any atom is -0.490 e. The third kappa shape index (κ3) is 33.1. The number of hydrazine groups is 1. The Morgan fingerprint density at radius 1 is 0.444 bits per heavy atom. The van der Waals surface area contributed by atoms with E-state index in [-0.39, 0.29) is 108 Å². The summed E-state index contributed by atoms with van der Waals surface area (Å²) in [6, 6.07) is 38.8. The molecular weight excluding hydrogens is 1270 g/mol. The first-order valence-corrected chi connectivity index (χ1v) is 35.9. The number of hydrogen-bond acceptors (Lipinski definition) is 18. The van der Waals surface area contributed by atoms with Crippen LogP contribution in [0.25, 0.3) is 0 Å². The van der Waals surface area contributed by atoms with Gasteiger partial charge in [0.2, 0.25) is 11.8 Å². The van der Waals surface area contributed by atoms with Gasteiger partial charge in [0.25, 0.3) is 0 Å². The number of hydrogen-bond donors (Lipinski definition) is 5. The Morgan fingerprint density at radius 2 is 0.778 bits per heavy atom. The van der Waals surface area contributed by atoms with Gasteiger partial charge in [0.1, 0.15) is 40.9 Å². The molecule has 0 aliphatic heterocycles. The van der Waals surface area contributed by atoms with Gasteiger partial charge in [-0.05, 0) is 225 Å². The second-order valence-corrected chi connectivity index (χ2v) is 26.9. The van der Waals surface area contributed by atoms with Gasteiger partial charge in [-0.2, -0.15) is 0 Å². The predicted molar refractivity (Wildman–Crippen MR) is 375 cm³/mol. The molecule has 0 aromatic heterocycles. The number of carboxylic acid groups (broad SMARTS) is 1. The van der Waals surface area contributed by atoms with Crippen molar-refractivity contribution in [1.82, 2.24) is 10.7 Å². The van der Waals surface area contributed by atoms with Crippen molar-refractivity contribution in [2.24, 2.45) is 41.4 Å². The highest BCUT2D eigenvalue weighted by atomic mass is 16.6. The second-order valence-electron chi connectivity index (χ2n) is 26.9. The number of rotatable bonds is 19. The van der Waals surface area contributed by atoms with Crippen LogP contribution in [0.5, 0.6) is 23.0 Å². The highest BCUT2D eigenvalue weighted by Gasteiger charge is 2.33. The Labute approximate surface area is 586 Å². The number of esters is 4. The van der Waals surface area contributed by atoms with E-state index < -0.39 is 17.5 Å². The largest absolute Gasteiger partial charge is 0.490 e. The van der Waals surface area contributed by atoms with Gasteiger partial charge in [0.15, 0.2) is 0 Å². The van der Waals surface area contributed by atoms with Crippen LogP contribution in [0.4, 0.5) is 0 Å². The van der Waals surface area contributed by atoms with E-state index in [1.165, 1.54) is 0 Å².